The highest BCUT2D eigenvalue weighted by atomic mass is 32.2. The monoisotopic (exact) mass is 282 g/mol. The van der Waals surface area contributed by atoms with Gasteiger partial charge in [0.1, 0.15) is 0 Å². The maximum Gasteiger partial charge on any atom is 0.244 e. The van der Waals surface area contributed by atoms with Gasteiger partial charge >= 0.3 is 0 Å². The van der Waals surface area contributed by atoms with Gasteiger partial charge in [-0.15, -0.1) is 0 Å². The predicted molar refractivity (Wildman–Crippen MR) is 80.2 cm³/mol. The fraction of sp³-hybridized carbons (Fsp3) is 0.933. The Kier molecular flexibility index (Phi) is 4.08. The lowest BCUT2D eigenvalue weighted by molar-refractivity contribution is -0.133. The zero-order valence-corrected chi connectivity index (χ0v) is 12.8. The van der Waals surface area contributed by atoms with E-state index in [1.807, 2.05) is 11.8 Å². The first-order valence-corrected chi connectivity index (χ1v) is 9.24. The van der Waals surface area contributed by atoms with E-state index in [0.29, 0.717) is 18.0 Å². The maximum atomic E-state index is 12.9. The van der Waals surface area contributed by atoms with Gasteiger partial charge in [-0.2, -0.15) is 11.8 Å². The molecule has 4 heteroatoms. The van der Waals surface area contributed by atoms with Crippen molar-refractivity contribution in [3.63, 3.8) is 0 Å². The highest BCUT2D eigenvalue weighted by Gasteiger charge is 2.53. The average molecular weight is 282 g/mol. The molecule has 3 aliphatic rings. The van der Waals surface area contributed by atoms with Gasteiger partial charge < -0.3 is 4.90 Å². The quantitative estimate of drug-likeness (QED) is 0.860. The second kappa shape index (κ2) is 5.65. The smallest absolute Gasteiger partial charge is 0.244 e. The first-order chi connectivity index (χ1) is 9.27. The SMILES string of the molecule is CSCCN1C(=O)C2(CCCC2)NC1C1CCCC1. The second-order valence-corrected chi connectivity index (χ2v) is 7.40. The zero-order chi connectivity index (χ0) is 13.3. The van der Waals surface area contributed by atoms with E-state index >= 15 is 0 Å². The third kappa shape index (κ3) is 2.42. The minimum absolute atomic E-state index is 0.175. The van der Waals surface area contributed by atoms with E-state index in [0.717, 1.165) is 25.1 Å². The van der Waals surface area contributed by atoms with Crippen LogP contribution >= 0.6 is 11.8 Å². The van der Waals surface area contributed by atoms with Crippen molar-refractivity contribution in [1.29, 1.82) is 0 Å². The second-order valence-electron chi connectivity index (χ2n) is 6.41. The molecule has 2 saturated carbocycles. The number of carbonyl (C=O) groups is 1. The normalized spacial score (nSPS) is 30.9. The van der Waals surface area contributed by atoms with E-state index < -0.39 is 0 Å². The molecule has 1 unspecified atom stereocenters. The molecule has 3 nitrogen and oxygen atoms in total. The Morgan fingerprint density at radius 2 is 1.95 bits per heavy atom. The molecule has 108 valence electrons. The van der Waals surface area contributed by atoms with Crippen molar-refractivity contribution in [3.8, 4) is 0 Å². The molecule has 1 spiro atoms. The van der Waals surface area contributed by atoms with Gasteiger partial charge in [0.25, 0.3) is 0 Å². The standard InChI is InChI=1S/C15H26N2OS/c1-19-11-10-17-13(12-6-2-3-7-12)16-15(14(17)18)8-4-5-9-15/h12-13,16H,2-11H2,1H3. The van der Waals surface area contributed by atoms with Crippen LogP contribution in [0.1, 0.15) is 51.4 Å². The van der Waals surface area contributed by atoms with Gasteiger partial charge in [-0.25, -0.2) is 0 Å². The fourth-order valence-electron chi connectivity index (χ4n) is 4.24. The van der Waals surface area contributed by atoms with Crippen LogP contribution in [0.5, 0.6) is 0 Å². The number of rotatable bonds is 4. The van der Waals surface area contributed by atoms with Gasteiger partial charge in [0, 0.05) is 12.3 Å². The molecule has 3 rings (SSSR count). The molecule has 1 N–H and O–H groups in total. The number of nitrogens with one attached hydrogen (secondary N) is 1. The summed E-state index contributed by atoms with van der Waals surface area (Å²) in [4.78, 5) is 15.0. The van der Waals surface area contributed by atoms with Crippen molar-refractivity contribution in [2.24, 2.45) is 5.92 Å². The van der Waals surface area contributed by atoms with Crippen molar-refractivity contribution < 1.29 is 4.79 Å². The first-order valence-electron chi connectivity index (χ1n) is 7.84. The summed E-state index contributed by atoms with van der Waals surface area (Å²) in [7, 11) is 0. The van der Waals surface area contributed by atoms with Gasteiger partial charge in [-0.1, -0.05) is 25.7 Å². The largest absolute Gasteiger partial charge is 0.324 e. The van der Waals surface area contributed by atoms with E-state index in [9.17, 15) is 4.79 Å². The molecule has 0 aromatic carbocycles. The fourth-order valence-corrected chi connectivity index (χ4v) is 4.62. The van der Waals surface area contributed by atoms with Crippen molar-refractivity contribution in [1.82, 2.24) is 10.2 Å². The number of nitrogens with zero attached hydrogens (tertiary/aromatic N) is 1. The predicted octanol–water partition coefficient (Wildman–Crippen LogP) is 2.61. The Morgan fingerprint density at radius 3 is 2.58 bits per heavy atom. The van der Waals surface area contributed by atoms with Crippen LogP contribution in [0.2, 0.25) is 0 Å². The zero-order valence-electron chi connectivity index (χ0n) is 12.0. The van der Waals surface area contributed by atoms with Gasteiger partial charge in [-0.3, -0.25) is 10.1 Å². The molecular weight excluding hydrogens is 256 g/mol. The molecular formula is C15H26N2OS. The highest BCUT2D eigenvalue weighted by molar-refractivity contribution is 7.98. The first kappa shape index (κ1) is 13.7. The Labute approximate surface area is 120 Å². The molecule has 0 aromatic heterocycles. The summed E-state index contributed by atoms with van der Waals surface area (Å²) in [6.45, 7) is 0.927. The van der Waals surface area contributed by atoms with E-state index in [1.54, 1.807) is 0 Å². The van der Waals surface area contributed by atoms with E-state index in [4.69, 9.17) is 0 Å². The Morgan fingerprint density at radius 1 is 1.26 bits per heavy atom. The van der Waals surface area contributed by atoms with Crippen LogP contribution in [0, 0.1) is 5.92 Å². The number of thioether (sulfide) groups is 1. The van der Waals surface area contributed by atoms with Crippen LogP contribution in [0.3, 0.4) is 0 Å². The molecule has 19 heavy (non-hydrogen) atoms. The van der Waals surface area contributed by atoms with E-state index in [1.165, 1.54) is 38.5 Å². The molecule has 0 radical (unpaired) electrons. The Bertz CT molecular complexity index is 335. The van der Waals surface area contributed by atoms with Crippen molar-refractivity contribution in [3.05, 3.63) is 0 Å². The Balaban J connectivity index is 1.77. The molecule has 2 aliphatic carbocycles. The van der Waals surface area contributed by atoms with Crippen molar-refractivity contribution in [2.75, 3.05) is 18.6 Å². The number of amides is 1. The van der Waals surface area contributed by atoms with Gasteiger partial charge in [0.2, 0.25) is 5.91 Å². The van der Waals surface area contributed by atoms with Crippen LogP contribution < -0.4 is 5.32 Å². The molecule has 1 atom stereocenters. The summed E-state index contributed by atoms with van der Waals surface area (Å²) in [5.41, 5.74) is -0.175. The number of hydrogen-bond donors (Lipinski definition) is 1. The molecule has 3 fully saturated rings. The average Bonchev–Trinajstić information content (AvgIpc) is 3.13. The molecule has 0 aromatic rings. The lowest BCUT2D eigenvalue weighted by Crippen LogP contribution is -2.46. The summed E-state index contributed by atoms with van der Waals surface area (Å²) in [5.74, 6) is 2.17. The maximum absolute atomic E-state index is 12.9. The van der Waals surface area contributed by atoms with Gasteiger partial charge in [0.05, 0.1) is 11.7 Å². The summed E-state index contributed by atoms with van der Waals surface area (Å²) in [5, 5.41) is 3.78. The minimum atomic E-state index is -0.175. The molecule has 1 aliphatic heterocycles. The highest BCUT2D eigenvalue weighted by Crippen LogP contribution is 2.40. The van der Waals surface area contributed by atoms with E-state index in [-0.39, 0.29) is 5.54 Å². The van der Waals surface area contributed by atoms with Crippen molar-refractivity contribution >= 4 is 17.7 Å². The molecule has 1 heterocycles. The van der Waals surface area contributed by atoms with Crippen LogP contribution in [0.4, 0.5) is 0 Å². The summed E-state index contributed by atoms with van der Waals surface area (Å²) in [6.07, 6.45) is 12.3. The van der Waals surface area contributed by atoms with Gasteiger partial charge in [-0.05, 0) is 37.9 Å². The minimum Gasteiger partial charge on any atom is -0.324 e. The van der Waals surface area contributed by atoms with Crippen LogP contribution in [0.25, 0.3) is 0 Å². The molecule has 1 amide bonds. The lowest BCUT2D eigenvalue weighted by Gasteiger charge is -2.28. The molecule has 0 bridgehead atoms. The third-order valence-corrected chi connectivity index (χ3v) is 5.86. The van der Waals surface area contributed by atoms with Crippen LogP contribution in [0.15, 0.2) is 0 Å². The van der Waals surface area contributed by atoms with Gasteiger partial charge in [0.15, 0.2) is 0 Å². The summed E-state index contributed by atoms with van der Waals surface area (Å²) in [6, 6.07) is 0. The third-order valence-electron chi connectivity index (χ3n) is 5.27. The Hall–Kier alpha value is -0.220. The summed E-state index contributed by atoms with van der Waals surface area (Å²) < 4.78 is 0. The molecule has 1 saturated heterocycles. The van der Waals surface area contributed by atoms with Crippen LogP contribution in [-0.2, 0) is 4.79 Å². The number of hydrogen-bond acceptors (Lipinski definition) is 3. The topological polar surface area (TPSA) is 32.3 Å². The lowest BCUT2D eigenvalue weighted by atomic mass is 9.97. The number of carbonyl (C=O) groups excluding carboxylic acids is 1. The van der Waals surface area contributed by atoms with E-state index in [2.05, 4.69) is 16.5 Å². The summed E-state index contributed by atoms with van der Waals surface area (Å²) >= 11 is 1.84. The van der Waals surface area contributed by atoms with Crippen LogP contribution in [-0.4, -0.2) is 41.1 Å². The van der Waals surface area contributed by atoms with Crippen molar-refractivity contribution in [2.45, 2.75) is 63.1 Å².